The highest BCUT2D eigenvalue weighted by atomic mass is 19.2. The Morgan fingerprint density at radius 2 is 1.97 bits per heavy atom. The van der Waals surface area contributed by atoms with Gasteiger partial charge in [0.2, 0.25) is 0 Å². The topological polar surface area (TPSA) is 76.2 Å². The zero-order chi connectivity index (χ0) is 24.5. The number of carbonyl (C=O) groups excluding carboxylic acids is 1. The molecule has 0 unspecified atom stereocenters. The number of furan rings is 1. The van der Waals surface area contributed by atoms with Crippen LogP contribution in [0.1, 0.15) is 48.7 Å². The third kappa shape index (κ3) is 4.81. The van der Waals surface area contributed by atoms with Gasteiger partial charge in [0.05, 0.1) is 23.4 Å². The second-order valence-corrected chi connectivity index (χ2v) is 9.22. The van der Waals surface area contributed by atoms with Crippen LogP contribution in [-0.2, 0) is 6.54 Å². The summed E-state index contributed by atoms with van der Waals surface area (Å²) >= 11 is 0. The van der Waals surface area contributed by atoms with Crippen molar-refractivity contribution in [3.05, 3.63) is 71.6 Å². The summed E-state index contributed by atoms with van der Waals surface area (Å²) in [6.07, 6.45) is 4.79. The molecule has 5 rings (SSSR count). The quantitative estimate of drug-likeness (QED) is 0.424. The lowest BCUT2D eigenvalue weighted by molar-refractivity contribution is 0.0910. The maximum Gasteiger partial charge on any atom is 0.252 e. The molecule has 0 saturated carbocycles. The second kappa shape index (κ2) is 9.58. The Hall–Kier alpha value is -3.59. The first-order valence-electron chi connectivity index (χ1n) is 11.8. The zero-order valence-electron chi connectivity index (χ0n) is 19.7. The van der Waals surface area contributed by atoms with E-state index < -0.39 is 11.6 Å². The van der Waals surface area contributed by atoms with Gasteiger partial charge in [0.15, 0.2) is 23.0 Å². The Bertz CT molecular complexity index is 1340. The molecule has 0 bridgehead atoms. The zero-order valence-corrected chi connectivity index (χ0v) is 19.7. The maximum absolute atomic E-state index is 13.5. The molecule has 1 saturated heterocycles. The van der Waals surface area contributed by atoms with Gasteiger partial charge in [-0.3, -0.25) is 9.69 Å². The molecule has 1 aliphatic rings. The predicted molar refractivity (Wildman–Crippen MR) is 128 cm³/mol. The number of likely N-dealkylation sites (tertiary alicyclic amines) is 1. The van der Waals surface area contributed by atoms with E-state index in [0.717, 1.165) is 37.6 Å². The lowest BCUT2D eigenvalue weighted by atomic mass is 10.0. The molecular weight excluding hydrogens is 452 g/mol. The first-order valence-corrected chi connectivity index (χ1v) is 11.8. The van der Waals surface area contributed by atoms with Crippen LogP contribution in [0.25, 0.3) is 22.5 Å². The number of benzene rings is 1. The van der Waals surface area contributed by atoms with Gasteiger partial charge in [-0.2, -0.15) is 5.10 Å². The van der Waals surface area contributed by atoms with Crippen molar-refractivity contribution in [3.63, 3.8) is 0 Å². The number of pyridine rings is 1. The molecule has 0 atom stereocenters. The first-order chi connectivity index (χ1) is 16.9. The summed E-state index contributed by atoms with van der Waals surface area (Å²) in [5, 5.41) is 8.32. The van der Waals surface area contributed by atoms with Crippen molar-refractivity contribution < 1.29 is 18.0 Å². The Labute approximate surface area is 201 Å². The van der Waals surface area contributed by atoms with E-state index in [9.17, 15) is 13.6 Å². The summed E-state index contributed by atoms with van der Waals surface area (Å²) in [4.78, 5) is 20.3. The van der Waals surface area contributed by atoms with Gasteiger partial charge < -0.3 is 9.73 Å². The van der Waals surface area contributed by atoms with E-state index in [-0.39, 0.29) is 18.0 Å². The minimum absolute atomic E-state index is 0.0131. The Kier molecular flexibility index (Phi) is 6.34. The Morgan fingerprint density at radius 1 is 1.17 bits per heavy atom. The fraction of sp³-hybridized carbons (Fsp3) is 0.346. The Morgan fingerprint density at radius 3 is 2.66 bits per heavy atom. The highest BCUT2D eigenvalue weighted by molar-refractivity contribution is 6.06. The lowest BCUT2D eigenvalue weighted by Gasteiger charge is -2.32. The van der Waals surface area contributed by atoms with E-state index in [4.69, 9.17) is 9.40 Å². The van der Waals surface area contributed by atoms with Crippen molar-refractivity contribution in [2.45, 2.75) is 45.3 Å². The molecule has 0 spiro atoms. The number of hydrogen-bond acceptors (Lipinski definition) is 5. The number of aromatic nitrogens is 3. The molecule has 1 fully saturated rings. The van der Waals surface area contributed by atoms with Crippen LogP contribution in [0, 0.1) is 11.6 Å². The molecular formula is C26H27F2N5O2. The summed E-state index contributed by atoms with van der Waals surface area (Å²) < 4.78 is 34.0. The van der Waals surface area contributed by atoms with Crippen LogP contribution < -0.4 is 5.32 Å². The highest BCUT2D eigenvalue weighted by Gasteiger charge is 2.24. The van der Waals surface area contributed by atoms with E-state index in [1.54, 1.807) is 35.3 Å². The molecule has 4 heterocycles. The molecule has 7 nitrogen and oxygen atoms in total. The predicted octanol–water partition coefficient (Wildman–Crippen LogP) is 4.94. The third-order valence-electron chi connectivity index (χ3n) is 6.39. The normalized spacial score (nSPS) is 15.2. The second-order valence-electron chi connectivity index (χ2n) is 9.22. The molecule has 3 aromatic heterocycles. The third-order valence-corrected chi connectivity index (χ3v) is 6.39. The summed E-state index contributed by atoms with van der Waals surface area (Å²) in [6.45, 7) is 6.07. The monoisotopic (exact) mass is 479 g/mol. The van der Waals surface area contributed by atoms with Crippen LogP contribution in [0.2, 0.25) is 0 Å². The highest BCUT2D eigenvalue weighted by Crippen LogP contribution is 2.27. The SMILES string of the molecule is CC(C)n1ncc2c(C(=O)NC3CCN(Cc4ccc(F)c(F)c4)CC3)cc(-c3ccco3)nc21. The summed E-state index contributed by atoms with van der Waals surface area (Å²) in [5.74, 6) is -1.26. The molecule has 1 N–H and O–H groups in total. The van der Waals surface area contributed by atoms with Crippen molar-refractivity contribution in [1.82, 2.24) is 25.0 Å². The number of hydrogen-bond donors (Lipinski definition) is 1. The molecule has 9 heteroatoms. The average molecular weight is 480 g/mol. The average Bonchev–Trinajstić information content (AvgIpc) is 3.52. The van der Waals surface area contributed by atoms with E-state index in [0.29, 0.717) is 34.6 Å². The molecule has 35 heavy (non-hydrogen) atoms. The minimum atomic E-state index is -0.838. The van der Waals surface area contributed by atoms with Crippen LogP contribution in [0.4, 0.5) is 8.78 Å². The van der Waals surface area contributed by atoms with Crippen molar-refractivity contribution in [1.29, 1.82) is 0 Å². The number of carbonyl (C=O) groups is 1. The summed E-state index contributed by atoms with van der Waals surface area (Å²) in [7, 11) is 0. The van der Waals surface area contributed by atoms with Crippen LogP contribution in [0.15, 0.2) is 53.3 Å². The van der Waals surface area contributed by atoms with Crippen LogP contribution >= 0.6 is 0 Å². The number of piperidine rings is 1. The largest absolute Gasteiger partial charge is 0.463 e. The Balaban J connectivity index is 1.30. The van der Waals surface area contributed by atoms with Gasteiger partial charge in [-0.15, -0.1) is 0 Å². The standard InChI is InChI=1S/C26H27F2N5O2/c1-16(2)33-25-20(14-29-33)19(13-23(31-25)24-4-3-11-35-24)26(34)30-18-7-9-32(10-8-18)15-17-5-6-21(27)22(28)12-17/h3-6,11-14,16,18H,7-10,15H2,1-2H3,(H,30,34). The summed E-state index contributed by atoms with van der Waals surface area (Å²) in [6, 6.07) is 9.46. The van der Waals surface area contributed by atoms with Crippen LogP contribution in [0.5, 0.6) is 0 Å². The van der Waals surface area contributed by atoms with Crippen LogP contribution in [0.3, 0.4) is 0 Å². The van der Waals surface area contributed by atoms with Gasteiger partial charge in [-0.05, 0) is 62.6 Å². The van der Waals surface area contributed by atoms with E-state index in [1.807, 2.05) is 19.9 Å². The molecule has 0 radical (unpaired) electrons. The van der Waals surface area contributed by atoms with Crippen molar-refractivity contribution in [2.75, 3.05) is 13.1 Å². The fourth-order valence-corrected chi connectivity index (χ4v) is 4.53. The van der Waals surface area contributed by atoms with Crippen molar-refractivity contribution in [3.8, 4) is 11.5 Å². The molecule has 1 aromatic carbocycles. The number of amides is 1. The van der Waals surface area contributed by atoms with E-state index >= 15 is 0 Å². The number of halogens is 2. The van der Waals surface area contributed by atoms with Gasteiger partial charge in [-0.25, -0.2) is 18.4 Å². The minimum Gasteiger partial charge on any atom is -0.463 e. The van der Waals surface area contributed by atoms with Gasteiger partial charge in [0.1, 0.15) is 5.69 Å². The number of rotatable bonds is 6. The molecule has 1 amide bonds. The smallest absolute Gasteiger partial charge is 0.252 e. The van der Waals surface area contributed by atoms with Gasteiger partial charge in [0, 0.05) is 31.7 Å². The van der Waals surface area contributed by atoms with Gasteiger partial charge in [-0.1, -0.05) is 6.07 Å². The number of fused-ring (bicyclic) bond motifs is 1. The fourth-order valence-electron chi connectivity index (χ4n) is 4.53. The summed E-state index contributed by atoms with van der Waals surface area (Å²) in [5.41, 5.74) is 2.47. The van der Waals surface area contributed by atoms with Crippen LogP contribution in [-0.4, -0.2) is 44.7 Å². The molecule has 0 aliphatic carbocycles. The molecule has 1 aliphatic heterocycles. The molecule has 4 aromatic rings. The van der Waals surface area contributed by atoms with Crippen molar-refractivity contribution in [2.24, 2.45) is 0 Å². The number of nitrogens with one attached hydrogen (secondary N) is 1. The molecule has 182 valence electrons. The van der Waals surface area contributed by atoms with Crippen molar-refractivity contribution >= 4 is 16.9 Å². The maximum atomic E-state index is 13.5. The van der Waals surface area contributed by atoms with Gasteiger partial charge >= 0.3 is 0 Å². The number of nitrogens with zero attached hydrogens (tertiary/aromatic N) is 4. The first kappa shape index (κ1) is 23.2. The van der Waals surface area contributed by atoms with E-state index in [1.165, 1.54) is 6.07 Å². The lowest BCUT2D eigenvalue weighted by Crippen LogP contribution is -2.44. The van der Waals surface area contributed by atoms with Gasteiger partial charge in [0.25, 0.3) is 5.91 Å². The van der Waals surface area contributed by atoms with E-state index in [2.05, 4.69) is 15.3 Å².